The fraction of sp³-hybridized carbons (Fsp3) is 0.412. The highest BCUT2D eigenvalue weighted by atomic mass is 16.5. The molecule has 0 unspecified atom stereocenters. The molecule has 1 N–H and O–H groups in total. The Morgan fingerprint density at radius 1 is 1.30 bits per heavy atom. The predicted molar refractivity (Wildman–Crippen MR) is 87.4 cm³/mol. The monoisotopic (exact) mass is 319 g/mol. The van der Waals surface area contributed by atoms with Gasteiger partial charge in [0.1, 0.15) is 11.3 Å². The van der Waals surface area contributed by atoms with Gasteiger partial charge in [0.25, 0.3) is 0 Å². The third-order valence-electron chi connectivity index (χ3n) is 3.59. The average Bonchev–Trinajstić information content (AvgIpc) is 2.53. The van der Waals surface area contributed by atoms with Crippen molar-refractivity contribution < 1.29 is 19.4 Å². The maximum atomic E-state index is 12.3. The zero-order chi connectivity index (χ0) is 16.8. The second kappa shape index (κ2) is 7.78. The topological polar surface area (TPSA) is 77.8 Å². The summed E-state index contributed by atoms with van der Waals surface area (Å²) in [7, 11) is 1.64. The van der Waals surface area contributed by atoms with E-state index in [0.717, 1.165) is 12.8 Å². The summed E-state index contributed by atoms with van der Waals surface area (Å²) in [6.45, 7) is 3.66. The standard InChI is InChI=1S/C17H21NO5/c1-3-23-12-6-7-13-15(10-12)18(8-4-5-9-22-2)11-14(16(13)19)17(20)21/h6-7,10-11H,3-5,8-9H2,1-2H3,(H,20,21). The molecule has 124 valence electrons. The largest absolute Gasteiger partial charge is 0.494 e. The summed E-state index contributed by atoms with van der Waals surface area (Å²) in [5, 5.41) is 9.63. The Kier molecular flexibility index (Phi) is 5.76. The van der Waals surface area contributed by atoms with E-state index < -0.39 is 11.4 Å². The number of pyridine rings is 1. The van der Waals surface area contributed by atoms with Crippen LogP contribution in [-0.2, 0) is 11.3 Å². The Hall–Kier alpha value is -2.34. The van der Waals surface area contributed by atoms with Crippen LogP contribution in [0, 0.1) is 0 Å². The van der Waals surface area contributed by atoms with Gasteiger partial charge in [0.15, 0.2) is 0 Å². The van der Waals surface area contributed by atoms with Gasteiger partial charge < -0.3 is 19.1 Å². The van der Waals surface area contributed by atoms with Crippen molar-refractivity contribution in [3.8, 4) is 5.75 Å². The Balaban J connectivity index is 2.50. The number of hydrogen-bond acceptors (Lipinski definition) is 4. The van der Waals surface area contributed by atoms with E-state index in [2.05, 4.69) is 0 Å². The fourth-order valence-electron chi connectivity index (χ4n) is 2.49. The van der Waals surface area contributed by atoms with Gasteiger partial charge in [-0.3, -0.25) is 4.79 Å². The van der Waals surface area contributed by atoms with Crippen molar-refractivity contribution in [2.75, 3.05) is 20.3 Å². The summed E-state index contributed by atoms with van der Waals surface area (Å²) in [4.78, 5) is 23.6. The van der Waals surface area contributed by atoms with Crippen molar-refractivity contribution in [1.82, 2.24) is 4.57 Å². The van der Waals surface area contributed by atoms with Gasteiger partial charge in [-0.2, -0.15) is 0 Å². The van der Waals surface area contributed by atoms with Crippen molar-refractivity contribution in [1.29, 1.82) is 0 Å². The van der Waals surface area contributed by atoms with Crippen LogP contribution in [0.2, 0.25) is 0 Å². The van der Waals surface area contributed by atoms with Crippen LogP contribution in [0.5, 0.6) is 5.75 Å². The van der Waals surface area contributed by atoms with Crippen LogP contribution in [0.15, 0.2) is 29.2 Å². The number of rotatable bonds is 8. The molecule has 1 heterocycles. The summed E-state index contributed by atoms with van der Waals surface area (Å²) in [5.74, 6) is -0.551. The third kappa shape index (κ3) is 3.90. The molecule has 0 radical (unpaired) electrons. The second-order valence-corrected chi connectivity index (χ2v) is 5.18. The molecule has 0 fully saturated rings. The first-order valence-electron chi connectivity index (χ1n) is 7.60. The van der Waals surface area contributed by atoms with E-state index in [-0.39, 0.29) is 5.56 Å². The molecular formula is C17H21NO5. The van der Waals surface area contributed by atoms with E-state index in [1.54, 1.807) is 29.9 Å². The molecule has 0 bridgehead atoms. The molecule has 0 amide bonds. The van der Waals surface area contributed by atoms with Gasteiger partial charge in [0.2, 0.25) is 5.43 Å². The summed E-state index contributed by atoms with van der Waals surface area (Å²) >= 11 is 0. The van der Waals surface area contributed by atoms with Crippen molar-refractivity contribution in [3.63, 3.8) is 0 Å². The Morgan fingerprint density at radius 2 is 2.09 bits per heavy atom. The molecule has 0 aliphatic heterocycles. The van der Waals surface area contributed by atoms with Crippen molar-refractivity contribution in [2.24, 2.45) is 0 Å². The highest BCUT2D eigenvalue weighted by Crippen LogP contribution is 2.20. The third-order valence-corrected chi connectivity index (χ3v) is 3.59. The van der Waals surface area contributed by atoms with E-state index in [0.29, 0.717) is 36.4 Å². The zero-order valence-electron chi connectivity index (χ0n) is 13.4. The molecule has 2 aromatic rings. The maximum Gasteiger partial charge on any atom is 0.341 e. The molecule has 0 saturated heterocycles. The van der Waals surface area contributed by atoms with E-state index in [1.807, 2.05) is 6.92 Å². The molecule has 1 aromatic carbocycles. The molecule has 6 nitrogen and oxygen atoms in total. The number of unbranched alkanes of at least 4 members (excludes halogenated alkanes) is 1. The van der Waals surface area contributed by atoms with Crippen molar-refractivity contribution in [2.45, 2.75) is 26.3 Å². The normalized spacial score (nSPS) is 10.9. The number of carbonyl (C=O) groups is 1. The molecule has 0 saturated carbocycles. The first kappa shape index (κ1) is 17.0. The van der Waals surface area contributed by atoms with Crippen LogP contribution < -0.4 is 10.2 Å². The van der Waals surface area contributed by atoms with Crippen LogP contribution >= 0.6 is 0 Å². The highest BCUT2D eigenvalue weighted by Gasteiger charge is 2.15. The molecule has 0 spiro atoms. The molecule has 2 rings (SSSR count). The summed E-state index contributed by atoms with van der Waals surface area (Å²) in [6, 6.07) is 5.09. The van der Waals surface area contributed by atoms with E-state index in [9.17, 15) is 14.7 Å². The molecule has 0 aliphatic rings. The number of nitrogens with zero attached hydrogens (tertiary/aromatic N) is 1. The average molecular weight is 319 g/mol. The van der Waals surface area contributed by atoms with Crippen LogP contribution in [-0.4, -0.2) is 36.0 Å². The number of carboxylic acids is 1. The van der Waals surface area contributed by atoms with Gasteiger partial charge in [0, 0.05) is 37.9 Å². The number of benzene rings is 1. The van der Waals surface area contributed by atoms with Gasteiger partial charge in [-0.05, 0) is 31.9 Å². The molecule has 23 heavy (non-hydrogen) atoms. The lowest BCUT2D eigenvalue weighted by atomic mass is 10.1. The molecule has 1 aromatic heterocycles. The minimum atomic E-state index is -1.21. The molecule has 0 atom stereocenters. The zero-order valence-corrected chi connectivity index (χ0v) is 13.4. The number of hydrogen-bond donors (Lipinski definition) is 1. The fourth-order valence-corrected chi connectivity index (χ4v) is 2.49. The minimum Gasteiger partial charge on any atom is -0.494 e. The van der Waals surface area contributed by atoms with Crippen LogP contribution in [0.3, 0.4) is 0 Å². The van der Waals surface area contributed by atoms with E-state index >= 15 is 0 Å². The van der Waals surface area contributed by atoms with Crippen LogP contribution in [0.25, 0.3) is 10.9 Å². The van der Waals surface area contributed by atoms with Crippen LogP contribution in [0.1, 0.15) is 30.1 Å². The Morgan fingerprint density at radius 3 is 2.74 bits per heavy atom. The predicted octanol–water partition coefficient (Wildman–Crippen LogP) is 2.53. The van der Waals surface area contributed by atoms with Crippen LogP contribution in [0.4, 0.5) is 0 Å². The van der Waals surface area contributed by atoms with Crippen molar-refractivity contribution >= 4 is 16.9 Å². The van der Waals surface area contributed by atoms with Gasteiger partial charge in [-0.15, -0.1) is 0 Å². The SMILES string of the molecule is CCOc1ccc2c(=O)c(C(=O)O)cn(CCCCOC)c2c1. The lowest BCUT2D eigenvalue weighted by Crippen LogP contribution is -2.19. The first-order valence-corrected chi connectivity index (χ1v) is 7.60. The number of carboxylic acid groups (broad SMARTS) is 1. The highest BCUT2D eigenvalue weighted by molar-refractivity contribution is 5.92. The molecule has 6 heteroatoms. The quantitative estimate of drug-likeness (QED) is 0.757. The van der Waals surface area contributed by atoms with E-state index in [4.69, 9.17) is 9.47 Å². The van der Waals surface area contributed by atoms with E-state index in [1.165, 1.54) is 6.20 Å². The van der Waals surface area contributed by atoms with Gasteiger partial charge in [-0.1, -0.05) is 0 Å². The number of aromatic nitrogens is 1. The first-order chi connectivity index (χ1) is 11.1. The Bertz CT molecular complexity index is 750. The molecule has 0 aliphatic carbocycles. The number of ether oxygens (including phenoxy) is 2. The second-order valence-electron chi connectivity index (χ2n) is 5.18. The summed E-state index contributed by atoms with van der Waals surface area (Å²) in [6.07, 6.45) is 3.09. The Labute approximate surface area is 134 Å². The van der Waals surface area contributed by atoms with Gasteiger partial charge in [0.05, 0.1) is 12.1 Å². The number of methoxy groups -OCH3 is 1. The summed E-state index contributed by atoms with van der Waals surface area (Å²) < 4.78 is 12.3. The summed E-state index contributed by atoms with van der Waals surface area (Å²) in [5.41, 5.74) is 0.000424. The molecular weight excluding hydrogens is 298 g/mol. The van der Waals surface area contributed by atoms with Crippen molar-refractivity contribution in [3.05, 3.63) is 40.2 Å². The smallest absolute Gasteiger partial charge is 0.341 e. The minimum absolute atomic E-state index is 0.214. The number of aryl methyl sites for hydroxylation is 1. The van der Waals surface area contributed by atoms with Gasteiger partial charge in [-0.25, -0.2) is 4.79 Å². The lowest BCUT2D eigenvalue weighted by molar-refractivity contribution is 0.0694. The number of fused-ring (bicyclic) bond motifs is 1. The van der Waals surface area contributed by atoms with Gasteiger partial charge >= 0.3 is 5.97 Å². The lowest BCUT2D eigenvalue weighted by Gasteiger charge is -2.13. The number of aromatic carboxylic acids is 1. The maximum absolute atomic E-state index is 12.3.